The van der Waals surface area contributed by atoms with Gasteiger partial charge in [0.05, 0.1) is 26.6 Å². The summed E-state index contributed by atoms with van der Waals surface area (Å²) in [4.78, 5) is 30.9. The molecule has 1 aliphatic rings. The van der Waals surface area contributed by atoms with Crippen LogP contribution in [0.1, 0.15) is 36.5 Å². The molecule has 38 heavy (non-hydrogen) atoms. The van der Waals surface area contributed by atoms with Gasteiger partial charge in [-0.2, -0.15) is 0 Å². The third kappa shape index (κ3) is 7.93. The molecule has 4 rings (SSSR count). The van der Waals surface area contributed by atoms with Crippen molar-refractivity contribution < 1.29 is 9.59 Å². The third-order valence-electron chi connectivity index (χ3n) is 5.44. The molecule has 0 aliphatic heterocycles. The summed E-state index contributed by atoms with van der Waals surface area (Å²) in [6.45, 7) is 7.66. The number of nitrogens with zero attached hydrogens (tertiary/aromatic N) is 1. The molecule has 0 fully saturated rings. The molecule has 8 heteroatoms. The van der Waals surface area contributed by atoms with E-state index in [1.54, 1.807) is 42.5 Å². The van der Waals surface area contributed by atoms with Crippen molar-refractivity contribution in [2.45, 2.75) is 20.3 Å². The smallest absolute Gasteiger partial charge is 0.258 e. The normalized spacial score (nSPS) is 13.2. The van der Waals surface area contributed by atoms with Gasteiger partial charge in [0.2, 0.25) is 6.41 Å². The predicted octanol–water partition coefficient (Wildman–Crippen LogP) is 7.79. The van der Waals surface area contributed by atoms with Gasteiger partial charge in [-0.3, -0.25) is 9.59 Å². The maximum Gasteiger partial charge on any atom is 0.258 e. The van der Waals surface area contributed by atoms with Crippen molar-refractivity contribution in [1.82, 2.24) is 15.3 Å². The Morgan fingerprint density at radius 2 is 1.87 bits per heavy atom. The van der Waals surface area contributed by atoms with Gasteiger partial charge in [-0.15, -0.1) is 0 Å². The van der Waals surface area contributed by atoms with E-state index in [0.29, 0.717) is 23.6 Å². The molecule has 0 bridgehead atoms. The second kappa shape index (κ2) is 14.0. The van der Waals surface area contributed by atoms with E-state index in [-0.39, 0.29) is 15.6 Å². The quantitative estimate of drug-likeness (QED) is 0.208. The second-order valence-corrected chi connectivity index (χ2v) is 9.15. The van der Waals surface area contributed by atoms with Crippen molar-refractivity contribution in [2.75, 3.05) is 5.32 Å². The number of aromatic nitrogens is 2. The molecule has 194 valence electrons. The van der Waals surface area contributed by atoms with Crippen molar-refractivity contribution in [3.05, 3.63) is 124 Å². The van der Waals surface area contributed by atoms with Crippen LogP contribution in [0.15, 0.2) is 103 Å². The average Bonchev–Trinajstić information content (AvgIpc) is 3.17. The summed E-state index contributed by atoms with van der Waals surface area (Å²) in [6.07, 6.45) is 17.3. The molecular formula is C30H28Cl2N4O2. The summed E-state index contributed by atoms with van der Waals surface area (Å²) in [5, 5.41) is 5.90. The Morgan fingerprint density at radius 3 is 2.58 bits per heavy atom. The molecule has 6 nitrogen and oxygen atoms in total. The zero-order chi connectivity index (χ0) is 27.5. The van der Waals surface area contributed by atoms with Crippen LogP contribution in [-0.2, 0) is 4.79 Å². The van der Waals surface area contributed by atoms with Crippen molar-refractivity contribution in [1.29, 1.82) is 0 Å². The molecule has 2 aromatic carbocycles. The Kier molecular flexibility index (Phi) is 10.5. The van der Waals surface area contributed by atoms with E-state index in [1.807, 2.05) is 13.0 Å². The minimum absolute atomic E-state index is 0.221. The second-order valence-electron chi connectivity index (χ2n) is 8.34. The highest BCUT2D eigenvalue weighted by Gasteiger charge is 2.15. The number of nitrogens with one attached hydrogen (secondary N) is 3. The number of H-pyrrole nitrogens is 1. The number of halogens is 2. The molecule has 1 aromatic heterocycles. The fraction of sp³-hybridized carbons (Fsp3) is 0.100. The van der Waals surface area contributed by atoms with Crippen molar-refractivity contribution in [3.8, 4) is 0 Å². The molecular weight excluding hydrogens is 519 g/mol. The molecule has 3 aromatic rings. The van der Waals surface area contributed by atoms with Gasteiger partial charge in [0, 0.05) is 11.4 Å². The SMILES string of the molecule is C=C/C(=C\C=C(/C)c1nc2ccc(NC(=O)c3c(Cl)cccc3Cl)cc2[nH]1)NC=O.CC1=CC=CC=CC1. The van der Waals surface area contributed by atoms with E-state index < -0.39 is 5.91 Å². The molecule has 1 aliphatic carbocycles. The first-order valence-corrected chi connectivity index (χ1v) is 12.5. The van der Waals surface area contributed by atoms with Crippen molar-refractivity contribution >= 4 is 57.8 Å². The first kappa shape index (κ1) is 28.4. The third-order valence-corrected chi connectivity index (χ3v) is 6.07. The highest BCUT2D eigenvalue weighted by molar-refractivity contribution is 6.40. The van der Waals surface area contributed by atoms with Gasteiger partial charge in [0.25, 0.3) is 5.91 Å². The number of fused-ring (bicyclic) bond motifs is 1. The van der Waals surface area contributed by atoms with Crippen LogP contribution < -0.4 is 10.6 Å². The summed E-state index contributed by atoms with van der Waals surface area (Å²) >= 11 is 12.2. The molecule has 2 amide bonds. The zero-order valence-corrected chi connectivity index (χ0v) is 22.6. The van der Waals surface area contributed by atoms with Crippen LogP contribution in [0.5, 0.6) is 0 Å². The minimum atomic E-state index is -0.398. The lowest BCUT2D eigenvalue weighted by atomic mass is 10.2. The number of carbonyl (C=O) groups is 2. The van der Waals surface area contributed by atoms with Crippen LogP contribution in [0.25, 0.3) is 16.6 Å². The molecule has 0 atom stereocenters. The Morgan fingerprint density at radius 1 is 1.11 bits per heavy atom. The van der Waals surface area contributed by atoms with Gasteiger partial charge in [-0.25, -0.2) is 4.98 Å². The first-order valence-electron chi connectivity index (χ1n) is 11.8. The Hall–Kier alpha value is -4.13. The average molecular weight is 547 g/mol. The lowest BCUT2D eigenvalue weighted by Crippen LogP contribution is -2.13. The Balaban J connectivity index is 0.000000427. The largest absolute Gasteiger partial charge is 0.338 e. The topological polar surface area (TPSA) is 86.9 Å². The number of imidazole rings is 1. The summed E-state index contributed by atoms with van der Waals surface area (Å²) in [7, 11) is 0. The van der Waals surface area contributed by atoms with Gasteiger partial charge >= 0.3 is 0 Å². The summed E-state index contributed by atoms with van der Waals surface area (Å²) in [6, 6.07) is 10.2. The first-order chi connectivity index (χ1) is 18.3. The lowest BCUT2D eigenvalue weighted by Gasteiger charge is -2.08. The Bertz CT molecular complexity index is 1470. The van der Waals surface area contributed by atoms with Gasteiger partial charge in [-0.05, 0) is 68.3 Å². The summed E-state index contributed by atoms with van der Waals surface area (Å²) in [5.74, 6) is 0.263. The van der Waals surface area contributed by atoms with E-state index in [2.05, 4.69) is 64.5 Å². The van der Waals surface area contributed by atoms with E-state index >= 15 is 0 Å². The molecule has 3 N–H and O–H groups in total. The summed E-state index contributed by atoms with van der Waals surface area (Å²) in [5.41, 5.74) is 5.14. The predicted molar refractivity (Wildman–Crippen MR) is 158 cm³/mol. The maximum absolute atomic E-state index is 12.6. The van der Waals surface area contributed by atoms with E-state index in [4.69, 9.17) is 23.2 Å². The number of hydrogen-bond donors (Lipinski definition) is 3. The van der Waals surface area contributed by atoms with Crippen LogP contribution in [0, 0.1) is 0 Å². The number of benzene rings is 2. The molecule has 0 radical (unpaired) electrons. The highest BCUT2D eigenvalue weighted by atomic mass is 35.5. The summed E-state index contributed by atoms with van der Waals surface area (Å²) < 4.78 is 0. The molecule has 0 spiro atoms. The zero-order valence-electron chi connectivity index (χ0n) is 21.1. The van der Waals surface area contributed by atoms with Gasteiger partial charge in [0.1, 0.15) is 5.82 Å². The molecule has 1 heterocycles. The number of amides is 2. The highest BCUT2D eigenvalue weighted by Crippen LogP contribution is 2.26. The van der Waals surface area contributed by atoms with E-state index in [9.17, 15) is 9.59 Å². The maximum atomic E-state index is 12.6. The minimum Gasteiger partial charge on any atom is -0.338 e. The number of anilines is 1. The molecule has 0 saturated carbocycles. The number of allylic oxidation sites excluding steroid dienone is 10. The van der Waals surface area contributed by atoms with E-state index in [0.717, 1.165) is 23.0 Å². The van der Waals surface area contributed by atoms with Gasteiger partial charge in [0.15, 0.2) is 0 Å². The van der Waals surface area contributed by atoms with Crippen molar-refractivity contribution in [3.63, 3.8) is 0 Å². The van der Waals surface area contributed by atoms with E-state index in [1.165, 1.54) is 11.6 Å². The van der Waals surface area contributed by atoms with Gasteiger partial charge < -0.3 is 15.6 Å². The van der Waals surface area contributed by atoms with Crippen LogP contribution >= 0.6 is 23.2 Å². The number of rotatable bonds is 7. The molecule has 0 saturated heterocycles. The molecule has 0 unspecified atom stereocenters. The van der Waals surface area contributed by atoms with Crippen LogP contribution in [0.2, 0.25) is 10.0 Å². The van der Waals surface area contributed by atoms with Crippen LogP contribution in [0.3, 0.4) is 0 Å². The fourth-order valence-electron chi connectivity index (χ4n) is 3.40. The Labute approximate surface area is 232 Å². The van der Waals surface area contributed by atoms with Crippen molar-refractivity contribution in [2.24, 2.45) is 0 Å². The number of hydrogen-bond acceptors (Lipinski definition) is 3. The van der Waals surface area contributed by atoms with Gasteiger partial charge in [-0.1, -0.05) is 77.9 Å². The fourth-order valence-corrected chi connectivity index (χ4v) is 3.97. The number of carbonyl (C=O) groups excluding carboxylic acids is 2. The monoisotopic (exact) mass is 546 g/mol. The lowest BCUT2D eigenvalue weighted by molar-refractivity contribution is -0.108. The standard InChI is InChI=1S/C22H18Cl2N4O2.C8H10/c1-3-14(25-12-29)8-7-13(2)21-27-18-10-9-15(11-19(18)28-21)26-22(30)20-16(23)5-4-6-17(20)24;1-8-6-4-2-3-5-7-8/h3-12H,1H2,2H3,(H,25,29)(H,26,30)(H,27,28);2-6H,7H2,1H3/b13-7+,14-8+;. The van der Waals surface area contributed by atoms with Crippen LogP contribution in [0.4, 0.5) is 5.69 Å². The number of aromatic amines is 1. The van der Waals surface area contributed by atoms with Crippen LogP contribution in [-0.4, -0.2) is 22.3 Å².